The van der Waals surface area contributed by atoms with Crippen molar-refractivity contribution in [2.75, 3.05) is 12.8 Å². The highest BCUT2D eigenvalue weighted by molar-refractivity contribution is 6.31. The number of hydrogen-bond donors (Lipinski definition) is 6. The summed E-state index contributed by atoms with van der Waals surface area (Å²) in [6.45, 7) is 1.86. The molecule has 0 saturated carbocycles. The van der Waals surface area contributed by atoms with Gasteiger partial charge >= 0.3 is 11.9 Å². The molecular formula is C53H41ClN16O8. The lowest BCUT2D eigenvalue weighted by molar-refractivity contribution is 0.0593. The zero-order valence-electron chi connectivity index (χ0n) is 40.9. The van der Waals surface area contributed by atoms with Gasteiger partial charge in [0.15, 0.2) is 40.5 Å². The van der Waals surface area contributed by atoms with Crippen molar-refractivity contribution >= 4 is 52.6 Å². The van der Waals surface area contributed by atoms with E-state index in [4.69, 9.17) is 22.4 Å². The number of nitrogen functional groups attached to an aromatic ring is 1. The zero-order chi connectivity index (χ0) is 54.9. The van der Waals surface area contributed by atoms with Crippen molar-refractivity contribution in [3.05, 3.63) is 222 Å². The summed E-state index contributed by atoms with van der Waals surface area (Å²) in [7, 11) is 1.23. The van der Waals surface area contributed by atoms with E-state index in [1.165, 1.54) is 22.2 Å². The minimum absolute atomic E-state index is 0.0313. The summed E-state index contributed by atoms with van der Waals surface area (Å²) in [5.74, 6) is 0.553. The average molecular weight is 1070 g/mol. The first-order valence-electron chi connectivity index (χ1n) is 23.2. The molecule has 7 aromatic heterocycles. The first-order chi connectivity index (χ1) is 37.7. The summed E-state index contributed by atoms with van der Waals surface area (Å²) in [6.07, 6.45) is 0.116. The van der Waals surface area contributed by atoms with Gasteiger partial charge in [0.05, 0.1) is 7.11 Å². The van der Waals surface area contributed by atoms with Crippen molar-refractivity contribution in [2.24, 2.45) is 0 Å². The SMILES string of the molecule is COC(=O)c1cc(=O)n2[nH]c(-c3ccccc3)nc2n1.Cc1c(Cl)cccc1CC(=O)c1cc(=O)n2[nH]c(-c3ccccc3)nc2n1.Nc1n[nH]c(-c2ccccc2)n1.O=C(O)c1cc(=O)n2[nH]c(-c3ccccc3)nc2n1. The number of ketones is 1. The summed E-state index contributed by atoms with van der Waals surface area (Å²) in [4.78, 5) is 99.7. The van der Waals surface area contributed by atoms with Crippen LogP contribution in [0.5, 0.6) is 0 Å². The Kier molecular flexibility index (Phi) is 15.3. The number of Topliss-reactive ketones (excluding diaryl/α,β-unsaturated/α-hetero) is 1. The molecule has 0 unspecified atom stereocenters. The summed E-state index contributed by atoms with van der Waals surface area (Å²) >= 11 is 6.11. The van der Waals surface area contributed by atoms with E-state index in [-0.39, 0.29) is 58.1 Å². The fraction of sp³-hybridized carbons (Fsp3) is 0.0566. The van der Waals surface area contributed by atoms with Crippen LogP contribution < -0.4 is 22.4 Å². The van der Waals surface area contributed by atoms with Crippen molar-refractivity contribution < 1.29 is 24.2 Å². The normalized spacial score (nSPS) is 10.7. The number of carbonyl (C=O) groups is 3. The topological polar surface area (TPSA) is 337 Å². The first-order valence-corrected chi connectivity index (χ1v) is 23.6. The molecule has 0 aliphatic heterocycles. The highest BCUT2D eigenvalue weighted by atomic mass is 35.5. The number of nitrogens with zero attached hydrogens (tertiary/aromatic N) is 11. The molecule has 78 heavy (non-hydrogen) atoms. The Balaban J connectivity index is 0.000000131. The van der Waals surface area contributed by atoms with Crippen LogP contribution in [-0.4, -0.2) is 104 Å². The third-order valence-electron chi connectivity index (χ3n) is 11.3. The van der Waals surface area contributed by atoms with E-state index in [2.05, 4.69) is 65.1 Å². The Morgan fingerprint density at radius 2 is 0.936 bits per heavy atom. The fourth-order valence-corrected chi connectivity index (χ4v) is 7.58. The molecule has 5 aromatic carbocycles. The van der Waals surface area contributed by atoms with Crippen LogP contribution in [0.2, 0.25) is 5.02 Å². The van der Waals surface area contributed by atoms with Crippen LogP contribution in [-0.2, 0) is 11.2 Å². The number of hydrogen-bond acceptors (Lipinski definition) is 16. The Bertz CT molecular complexity index is 4310. The number of carboxylic acid groups (broad SMARTS) is 1. The van der Waals surface area contributed by atoms with Crippen molar-refractivity contribution in [3.63, 3.8) is 0 Å². The van der Waals surface area contributed by atoms with E-state index in [1.807, 2.05) is 134 Å². The molecule has 0 amide bonds. The summed E-state index contributed by atoms with van der Waals surface area (Å²) in [5, 5.41) is 24.5. The van der Waals surface area contributed by atoms with Crippen LogP contribution in [0.1, 0.15) is 42.6 Å². The number of carbonyl (C=O) groups excluding carboxylic acids is 2. The molecule has 0 aliphatic rings. The van der Waals surface area contributed by atoms with Crippen molar-refractivity contribution in [1.82, 2.24) is 73.9 Å². The van der Waals surface area contributed by atoms with Gasteiger partial charge in [0, 0.05) is 51.9 Å². The van der Waals surface area contributed by atoms with Crippen LogP contribution >= 0.6 is 11.6 Å². The van der Waals surface area contributed by atoms with E-state index in [0.29, 0.717) is 28.3 Å². The number of ether oxygens (including phenoxy) is 1. The third-order valence-corrected chi connectivity index (χ3v) is 11.7. The van der Waals surface area contributed by atoms with Crippen LogP contribution in [0.3, 0.4) is 0 Å². The van der Waals surface area contributed by atoms with Gasteiger partial charge < -0.3 is 15.6 Å². The number of carboxylic acids is 1. The monoisotopic (exact) mass is 1060 g/mol. The number of nitrogens with two attached hydrogens (primary N) is 1. The van der Waals surface area contributed by atoms with Crippen LogP contribution in [0, 0.1) is 6.92 Å². The molecule has 0 saturated heterocycles. The second-order valence-electron chi connectivity index (χ2n) is 16.5. The summed E-state index contributed by atoms with van der Waals surface area (Å²) in [6, 6.07) is 46.3. The maximum Gasteiger partial charge on any atom is 0.357 e. The first kappa shape index (κ1) is 51.9. The van der Waals surface area contributed by atoms with Crippen molar-refractivity contribution in [3.8, 4) is 45.6 Å². The number of H-pyrrole nitrogens is 4. The van der Waals surface area contributed by atoms with Gasteiger partial charge in [0.2, 0.25) is 5.95 Å². The van der Waals surface area contributed by atoms with Gasteiger partial charge in [-0.1, -0.05) is 145 Å². The maximum atomic E-state index is 12.7. The Hall–Kier alpha value is -11.0. The Labute approximate surface area is 442 Å². The number of nitrogens with one attached hydrogen (secondary N) is 4. The third kappa shape index (κ3) is 11.8. The van der Waals surface area contributed by atoms with Gasteiger partial charge in [0.25, 0.3) is 34.0 Å². The van der Waals surface area contributed by atoms with Gasteiger partial charge in [0.1, 0.15) is 5.69 Å². The average Bonchev–Trinajstić information content (AvgIpc) is 4.36. The van der Waals surface area contributed by atoms with Crippen molar-refractivity contribution in [2.45, 2.75) is 13.3 Å². The number of anilines is 1. The second kappa shape index (κ2) is 23.0. The number of fused-ring (bicyclic) bond motifs is 3. The van der Waals surface area contributed by atoms with Gasteiger partial charge in [-0.2, -0.15) is 33.5 Å². The summed E-state index contributed by atoms with van der Waals surface area (Å²) in [5.41, 5.74) is 8.79. The smallest absolute Gasteiger partial charge is 0.357 e. The maximum absolute atomic E-state index is 12.7. The molecule has 25 heteroatoms. The molecular weight excluding hydrogens is 1020 g/mol. The molecule has 388 valence electrons. The molecule has 12 rings (SSSR count). The van der Waals surface area contributed by atoms with Crippen molar-refractivity contribution in [1.29, 1.82) is 0 Å². The summed E-state index contributed by atoms with van der Waals surface area (Å²) < 4.78 is 8.05. The van der Waals surface area contributed by atoms with E-state index in [0.717, 1.165) is 50.0 Å². The number of aromatic carboxylic acids is 1. The number of esters is 1. The van der Waals surface area contributed by atoms with Gasteiger partial charge in [-0.05, 0) is 24.1 Å². The lowest BCUT2D eigenvalue weighted by Gasteiger charge is -2.06. The number of aromatic nitrogens is 15. The van der Waals surface area contributed by atoms with E-state index in [9.17, 15) is 28.8 Å². The second-order valence-corrected chi connectivity index (χ2v) is 16.9. The van der Waals surface area contributed by atoms with Crippen LogP contribution in [0.4, 0.5) is 5.95 Å². The molecule has 0 radical (unpaired) electrons. The van der Waals surface area contributed by atoms with Crippen LogP contribution in [0.25, 0.3) is 62.9 Å². The zero-order valence-corrected chi connectivity index (χ0v) is 41.7. The Morgan fingerprint density at radius 1 is 0.538 bits per heavy atom. The number of rotatable bonds is 9. The van der Waals surface area contributed by atoms with Crippen LogP contribution in [0.15, 0.2) is 172 Å². The van der Waals surface area contributed by atoms with Gasteiger partial charge in [-0.15, -0.1) is 5.10 Å². The number of benzene rings is 5. The molecule has 12 aromatic rings. The van der Waals surface area contributed by atoms with Gasteiger partial charge in [-0.3, -0.25) is 39.6 Å². The van der Waals surface area contributed by atoms with E-state index < -0.39 is 23.1 Å². The molecule has 0 atom stereocenters. The standard InChI is InChI=1S/C20H15ClN4O2.C13H10N4O3.C12H8N4O3.C8H8N4/c1-12-14(8-5-9-15(12)21)10-17(26)16-11-18(27)25-20(22-16)23-19(24-25)13-6-3-2-4-7-13;1-20-12(19)9-7-10(18)17-13(14-9)15-11(16-17)8-5-3-2-4-6-8;17-9-6-8(11(18)19)13-12-14-10(15-16(9)12)7-4-2-1-3-5-7;9-8-10-7(11-12-8)6-4-2-1-3-5-6/h2-9,11H,10H2,1H3,(H,22,23,24);2-7H,1H3,(H,14,15,16);1-6H,(H,18,19)(H,13,14,15);1-5H,(H3,9,10,11,12). The predicted octanol–water partition coefficient (Wildman–Crippen LogP) is 6.18. The lowest BCUT2D eigenvalue weighted by atomic mass is 10.0. The number of aromatic amines is 4. The van der Waals surface area contributed by atoms with Gasteiger partial charge in [-0.25, -0.2) is 24.5 Å². The molecule has 24 nitrogen and oxygen atoms in total. The molecule has 0 spiro atoms. The highest BCUT2D eigenvalue weighted by Crippen LogP contribution is 2.21. The largest absolute Gasteiger partial charge is 0.477 e. The van der Waals surface area contributed by atoms with E-state index >= 15 is 0 Å². The number of halogens is 1. The van der Waals surface area contributed by atoms with E-state index in [1.54, 1.807) is 12.1 Å². The quantitative estimate of drug-likeness (QED) is 0.0694. The fourth-order valence-electron chi connectivity index (χ4n) is 7.39. The molecule has 7 N–H and O–H groups in total. The predicted molar refractivity (Wildman–Crippen MR) is 286 cm³/mol. The highest BCUT2D eigenvalue weighted by Gasteiger charge is 2.18. The minimum Gasteiger partial charge on any atom is -0.477 e. The minimum atomic E-state index is -1.26. The lowest BCUT2D eigenvalue weighted by Crippen LogP contribution is -2.19. The number of methoxy groups -OCH3 is 1. The molecule has 0 bridgehead atoms. The molecule has 0 fully saturated rings. The molecule has 7 heterocycles. The molecule has 0 aliphatic carbocycles. The Morgan fingerprint density at radius 3 is 1.35 bits per heavy atom.